The fourth-order valence-electron chi connectivity index (χ4n) is 1.43. The molecule has 1 amide bonds. The van der Waals surface area contributed by atoms with E-state index in [0.29, 0.717) is 22.2 Å². The van der Waals surface area contributed by atoms with E-state index < -0.39 is 0 Å². The second-order valence-electron chi connectivity index (χ2n) is 3.75. The quantitative estimate of drug-likeness (QED) is 0.447. The molecule has 1 aromatic carbocycles. The van der Waals surface area contributed by atoms with Crippen molar-refractivity contribution >= 4 is 28.9 Å². The Morgan fingerprint density at radius 1 is 1.37 bits per heavy atom. The minimum Gasteiger partial charge on any atom is -0.504 e. The van der Waals surface area contributed by atoms with Gasteiger partial charge in [0.05, 0.1) is 11.4 Å². The van der Waals surface area contributed by atoms with Gasteiger partial charge in [-0.2, -0.15) is 0 Å². The van der Waals surface area contributed by atoms with Gasteiger partial charge in [0.2, 0.25) is 0 Å². The summed E-state index contributed by atoms with van der Waals surface area (Å²) in [4.78, 5) is 16.3. The second-order valence-corrected chi connectivity index (χ2v) is 4.78. The van der Waals surface area contributed by atoms with E-state index in [9.17, 15) is 15.0 Å². The highest BCUT2D eigenvalue weighted by Gasteiger charge is 2.23. The average Bonchev–Trinajstić information content (AvgIpc) is 2.72. The van der Waals surface area contributed by atoms with Crippen LogP contribution in [0.5, 0.6) is 11.5 Å². The van der Waals surface area contributed by atoms with Crippen molar-refractivity contribution in [3.63, 3.8) is 0 Å². The van der Waals surface area contributed by atoms with Crippen LogP contribution in [-0.4, -0.2) is 27.8 Å². The van der Waals surface area contributed by atoms with E-state index in [1.165, 1.54) is 23.9 Å². The van der Waals surface area contributed by atoms with Gasteiger partial charge in [0.1, 0.15) is 0 Å². The maximum absolute atomic E-state index is 11.7. The van der Waals surface area contributed by atoms with Gasteiger partial charge in [-0.25, -0.2) is 0 Å². The highest BCUT2D eigenvalue weighted by molar-refractivity contribution is 8.18. The Bertz CT molecular complexity index is 594. The van der Waals surface area contributed by atoms with Crippen LogP contribution in [-0.2, 0) is 4.79 Å². The van der Waals surface area contributed by atoms with Crippen molar-refractivity contribution < 1.29 is 15.0 Å². The number of rotatable bonds is 3. The molecule has 3 N–H and O–H groups in total. The predicted molar refractivity (Wildman–Crippen MR) is 76.0 cm³/mol. The number of phenols is 2. The first-order valence-electron chi connectivity index (χ1n) is 5.48. The van der Waals surface area contributed by atoms with Crippen molar-refractivity contribution in [3.05, 3.63) is 41.3 Å². The van der Waals surface area contributed by atoms with Crippen LogP contribution in [0.15, 0.2) is 40.8 Å². The lowest BCUT2D eigenvalue weighted by Gasteiger charge is -1.99. The number of aromatic hydroxyl groups is 2. The summed E-state index contributed by atoms with van der Waals surface area (Å²) in [6.07, 6.45) is 3.26. The number of amides is 1. The third-order valence-electron chi connectivity index (χ3n) is 2.31. The van der Waals surface area contributed by atoms with Crippen molar-refractivity contribution in [3.8, 4) is 11.5 Å². The first-order valence-corrected chi connectivity index (χ1v) is 6.30. The monoisotopic (exact) mass is 276 g/mol. The first kappa shape index (κ1) is 13.2. The van der Waals surface area contributed by atoms with Gasteiger partial charge < -0.3 is 15.5 Å². The standard InChI is InChI=1S/C13H12N2O3S/c1-2-5-14-13-15-12(18)11(19-13)7-8-3-4-9(16)10(17)6-8/h2-4,6-7,16-17H,1,5H2,(H,14,15,18)/b11-7-. The molecular weight excluding hydrogens is 264 g/mol. The lowest BCUT2D eigenvalue weighted by molar-refractivity contribution is -0.115. The predicted octanol–water partition coefficient (Wildman–Crippen LogP) is 1.84. The number of thioether (sulfide) groups is 1. The van der Waals surface area contributed by atoms with Crippen molar-refractivity contribution in [2.24, 2.45) is 4.99 Å². The number of benzene rings is 1. The highest BCUT2D eigenvalue weighted by atomic mass is 32.2. The fraction of sp³-hybridized carbons (Fsp3) is 0.0769. The molecule has 0 saturated carbocycles. The van der Waals surface area contributed by atoms with E-state index in [0.717, 1.165) is 0 Å². The summed E-state index contributed by atoms with van der Waals surface area (Å²) in [5, 5.41) is 21.8. The molecular formula is C13H12N2O3S. The topological polar surface area (TPSA) is 81.9 Å². The van der Waals surface area contributed by atoms with E-state index in [4.69, 9.17) is 0 Å². The molecule has 0 unspecified atom stereocenters. The van der Waals surface area contributed by atoms with Gasteiger partial charge >= 0.3 is 0 Å². The van der Waals surface area contributed by atoms with Crippen LogP contribution in [0.3, 0.4) is 0 Å². The zero-order chi connectivity index (χ0) is 13.8. The van der Waals surface area contributed by atoms with Crippen LogP contribution in [0.1, 0.15) is 5.56 Å². The normalized spacial score (nSPS) is 18.8. The number of hydrogen-bond donors (Lipinski definition) is 3. The smallest absolute Gasteiger partial charge is 0.264 e. The number of carbonyl (C=O) groups is 1. The van der Waals surface area contributed by atoms with E-state index in [1.54, 1.807) is 18.2 Å². The summed E-state index contributed by atoms with van der Waals surface area (Å²) in [6.45, 7) is 3.99. The van der Waals surface area contributed by atoms with Crippen molar-refractivity contribution in [1.82, 2.24) is 5.32 Å². The molecule has 1 aromatic rings. The molecule has 0 radical (unpaired) electrons. The Morgan fingerprint density at radius 2 is 2.16 bits per heavy atom. The zero-order valence-corrected chi connectivity index (χ0v) is 10.8. The molecule has 98 valence electrons. The maximum atomic E-state index is 11.7. The van der Waals surface area contributed by atoms with Crippen LogP contribution in [0.2, 0.25) is 0 Å². The van der Waals surface area contributed by atoms with Crippen LogP contribution in [0, 0.1) is 0 Å². The van der Waals surface area contributed by atoms with E-state index in [2.05, 4.69) is 16.9 Å². The number of nitrogens with one attached hydrogen (secondary N) is 1. The molecule has 19 heavy (non-hydrogen) atoms. The molecule has 1 heterocycles. The molecule has 1 aliphatic heterocycles. The minimum atomic E-state index is -0.236. The van der Waals surface area contributed by atoms with Gasteiger partial charge in [0, 0.05) is 0 Å². The Hall–Kier alpha value is -2.21. The highest BCUT2D eigenvalue weighted by Crippen LogP contribution is 2.29. The van der Waals surface area contributed by atoms with Crippen molar-refractivity contribution in [2.75, 3.05) is 6.54 Å². The second kappa shape index (κ2) is 5.62. The first-order chi connectivity index (χ1) is 9.10. The SMILES string of the molecule is C=CCN=C1NC(=O)/C(=C/c2ccc(O)c(O)c2)S1. The molecule has 2 rings (SSSR count). The van der Waals surface area contributed by atoms with Crippen LogP contribution in [0.4, 0.5) is 0 Å². The van der Waals surface area contributed by atoms with Gasteiger partial charge in [-0.15, -0.1) is 6.58 Å². The number of amidine groups is 1. The third kappa shape index (κ3) is 3.17. The lowest BCUT2D eigenvalue weighted by Crippen LogP contribution is -2.19. The molecule has 5 nitrogen and oxygen atoms in total. The van der Waals surface area contributed by atoms with Crippen LogP contribution >= 0.6 is 11.8 Å². The number of aliphatic imine (C=N–C) groups is 1. The van der Waals surface area contributed by atoms with Crippen molar-refractivity contribution in [2.45, 2.75) is 0 Å². The summed E-state index contributed by atoms with van der Waals surface area (Å²) in [6, 6.07) is 4.36. The molecule has 1 saturated heterocycles. The molecule has 0 spiro atoms. The summed E-state index contributed by atoms with van der Waals surface area (Å²) in [5.74, 6) is -0.655. The maximum Gasteiger partial charge on any atom is 0.264 e. The average molecular weight is 276 g/mol. The molecule has 1 fully saturated rings. The Balaban J connectivity index is 2.21. The molecule has 0 aliphatic carbocycles. The van der Waals surface area contributed by atoms with Gasteiger partial charge in [-0.05, 0) is 35.5 Å². The van der Waals surface area contributed by atoms with Gasteiger partial charge in [0.25, 0.3) is 5.91 Å². The number of nitrogens with zero attached hydrogens (tertiary/aromatic N) is 1. The molecule has 0 atom stereocenters. The van der Waals surface area contributed by atoms with Gasteiger partial charge in [0.15, 0.2) is 16.7 Å². The Labute approximate surface area is 114 Å². The van der Waals surface area contributed by atoms with E-state index in [1.807, 2.05) is 0 Å². The van der Waals surface area contributed by atoms with Crippen LogP contribution < -0.4 is 5.32 Å². The van der Waals surface area contributed by atoms with E-state index >= 15 is 0 Å². The van der Waals surface area contributed by atoms with Crippen LogP contribution in [0.25, 0.3) is 6.08 Å². The zero-order valence-electron chi connectivity index (χ0n) is 9.96. The van der Waals surface area contributed by atoms with Gasteiger partial charge in [-0.3, -0.25) is 9.79 Å². The van der Waals surface area contributed by atoms with Crippen molar-refractivity contribution in [1.29, 1.82) is 0 Å². The third-order valence-corrected chi connectivity index (χ3v) is 3.26. The number of phenolic OH excluding ortho intramolecular Hbond substituents is 2. The van der Waals surface area contributed by atoms with E-state index in [-0.39, 0.29) is 17.4 Å². The Kier molecular flexibility index (Phi) is 3.91. The molecule has 0 bridgehead atoms. The number of carbonyl (C=O) groups excluding carboxylic acids is 1. The lowest BCUT2D eigenvalue weighted by atomic mass is 10.2. The van der Waals surface area contributed by atoms with Gasteiger partial charge in [-0.1, -0.05) is 12.1 Å². The Morgan fingerprint density at radius 3 is 2.84 bits per heavy atom. The molecule has 6 heteroatoms. The summed E-state index contributed by atoms with van der Waals surface area (Å²) in [5.41, 5.74) is 0.623. The minimum absolute atomic E-state index is 0.195. The number of hydrogen-bond acceptors (Lipinski definition) is 5. The summed E-state index contributed by atoms with van der Waals surface area (Å²) >= 11 is 1.22. The fourth-order valence-corrected chi connectivity index (χ4v) is 2.26. The molecule has 0 aromatic heterocycles. The molecule has 1 aliphatic rings. The largest absolute Gasteiger partial charge is 0.504 e. The summed E-state index contributed by atoms with van der Waals surface area (Å²) < 4.78 is 0. The summed E-state index contributed by atoms with van der Waals surface area (Å²) in [7, 11) is 0.